The highest BCUT2D eigenvalue weighted by molar-refractivity contribution is 7.18. The van der Waals surface area contributed by atoms with Crippen molar-refractivity contribution < 1.29 is 14.3 Å². The Kier molecular flexibility index (Phi) is 5.33. The Bertz CT molecular complexity index is 691. The Morgan fingerprint density at radius 1 is 1.18 bits per heavy atom. The molecule has 0 saturated heterocycles. The van der Waals surface area contributed by atoms with Gasteiger partial charge >= 0.3 is 5.97 Å². The fourth-order valence-electron chi connectivity index (χ4n) is 2.11. The van der Waals surface area contributed by atoms with Crippen LogP contribution in [0.5, 0.6) is 0 Å². The molecule has 0 saturated carbocycles. The summed E-state index contributed by atoms with van der Waals surface area (Å²) in [4.78, 5) is 24.4. The number of benzene rings is 1. The summed E-state index contributed by atoms with van der Waals surface area (Å²) in [5.74, 6) is -0.435. The zero-order valence-electron chi connectivity index (χ0n) is 12.9. The molecule has 2 aromatic rings. The van der Waals surface area contributed by atoms with Crippen LogP contribution in [0.4, 0.5) is 5.00 Å². The summed E-state index contributed by atoms with van der Waals surface area (Å²) in [6.45, 7) is 5.92. The van der Waals surface area contributed by atoms with Crippen LogP contribution >= 0.6 is 11.3 Å². The lowest BCUT2D eigenvalue weighted by Gasteiger charge is -2.05. The molecule has 0 atom stereocenters. The Morgan fingerprint density at radius 3 is 2.59 bits per heavy atom. The van der Waals surface area contributed by atoms with Gasteiger partial charge in [0.1, 0.15) is 4.88 Å². The molecule has 0 spiro atoms. The number of amides is 1. The lowest BCUT2D eigenvalue weighted by molar-refractivity contribution is -0.115. The summed E-state index contributed by atoms with van der Waals surface area (Å²) in [5.41, 5.74) is 2.90. The zero-order valence-corrected chi connectivity index (χ0v) is 13.8. The van der Waals surface area contributed by atoms with Gasteiger partial charge in [0.2, 0.25) is 5.91 Å². The number of aryl methyl sites for hydroxylation is 2. The van der Waals surface area contributed by atoms with Crippen LogP contribution in [0, 0.1) is 13.8 Å². The molecule has 0 aliphatic rings. The number of nitrogens with one attached hydrogen (secondary N) is 1. The molecule has 5 heteroatoms. The number of rotatable bonds is 5. The molecule has 2 rings (SSSR count). The predicted octanol–water partition coefficient (Wildman–Crippen LogP) is 3.72. The van der Waals surface area contributed by atoms with Crippen LogP contribution in [0.3, 0.4) is 0 Å². The van der Waals surface area contributed by atoms with Crippen LogP contribution in [0.25, 0.3) is 0 Å². The molecular weight excluding hydrogens is 298 g/mol. The Balaban J connectivity index is 2.05. The summed E-state index contributed by atoms with van der Waals surface area (Å²) in [5, 5.41) is 3.51. The third-order valence-electron chi connectivity index (χ3n) is 3.25. The summed E-state index contributed by atoms with van der Waals surface area (Å²) in [6.07, 6.45) is 0.318. The minimum Gasteiger partial charge on any atom is -0.462 e. The standard InChI is InChI=1S/C17H19NO3S/c1-4-21-17(20)16-12(3)9-15(22-16)18-14(19)10-13-8-6-5-7-11(13)2/h5-9H,4,10H2,1-3H3,(H,18,19). The fraction of sp³-hybridized carbons (Fsp3) is 0.294. The molecule has 0 radical (unpaired) electrons. The molecule has 0 bridgehead atoms. The summed E-state index contributed by atoms with van der Waals surface area (Å²) in [7, 11) is 0. The van der Waals surface area contributed by atoms with Gasteiger partial charge in [-0.05, 0) is 43.5 Å². The number of thiophene rings is 1. The molecule has 1 amide bonds. The molecule has 4 nitrogen and oxygen atoms in total. The second-order valence-corrected chi connectivity index (χ2v) is 6.05. The van der Waals surface area contributed by atoms with Crippen LogP contribution in [0.15, 0.2) is 30.3 Å². The van der Waals surface area contributed by atoms with Crippen molar-refractivity contribution in [2.45, 2.75) is 27.2 Å². The molecule has 0 aliphatic heterocycles. The molecular formula is C17H19NO3S. The van der Waals surface area contributed by atoms with Gasteiger partial charge in [-0.1, -0.05) is 24.3 Å². The molecule has 1 heterocycles. The van der Waals surface area contributed by atoms with Gasteiger partial charge < -0.3 is 10.1 Å². The first-order valence-corrected chi connectivity index (χ1v) is 7.94. The van der Waals surface area contributed by atoms with Crippen LogP contribution < -0.4 is 5.32 Å². The smallest absolute Gasteiger partial charge is 0.348 e. The quantitative estimate of drug-likeness (QED) is 0.855. The molecule has 1 aromatic carbocycles. The second kappa shape index (κ2) is 7.22. The van der Waals surface area contributed by atoms with Gasteiger partial charge in [0.25, 0.3) is 0 Å². The summed E-state index contributed by atoms with van der Waals surface area (Å²) in [6, 6.07) is 9.59. The third-order valence-corrected chi connectivity index (χ3v) is 4.39. The van der Waals surface area contributed by atoms with E-state index in [9.17, 15) is 9.59 Å². The van der Waals surface area contributed by atoms with Crippen LogP contribution in [0.1, 0.15) is 33.3 Å². The lowest BCUT2D eigenvalue weighted by atomic mass is 10.1. The number of carbonyl (C=O) groups is 2. The number of carbonyl (C=O) groups excluding carboxylic acids is 2. The van der Waals surface area contributed by atoms with E-state index in [0.29, 0.717) is 22.9 Å². The van der Waals surface area contributed by atoms with Gasteiger partial charge in [0, 0.05) is 0 Å². The topological polar surface area (TPSA) is 55.4 Å². The third kappa shape index (κ3) is 3.95. The highest BCUT2D eigenvalue weighted by Crippen LogP contribution is 2.27. The van der Waals surface area contributed by atoms with Crippen molar-refractivity contribution in [1.82, 2.24) is 0 Å². The monoisotopic (exact) mass is 317 g/mol. The number of hydrogen-bond acceptors (Lipinski definition) is 4. The average molecular weight is 317 g/mol. The highest BCUT2D eigenvalue weighted by Gasteiger charge is 2.16. The fourth-order valence-corrected chi connectivity index (χ4v) is 3.09. The first-order chi connectivity index (χ1) is 10.5. The maximum atomic E-state index is 12.1. The maximum absolute atomic E-state index is 12.1. The number of hydrogen-bond donors (Lipinski definition) is 1. The largest absolute Gasteiger partial charge is 0.462 e. The number of anilines is 1. The molecule has 0 unspecified atom stereocenters. The van der Waals surface area contributed by atoms with Gasteiger partial charge in [-0.15, -0.1) is 11.3 Å². The van der Waals surface area contributed by atoms with Crippen LogP contribution in [-0.2, 0) is 16.0 Å². The first-order valence-electron chi connectivity index (χ1n) is 7.13. The van der Waals surface area contributed by atoms with Crippen molar-refractivity contribution in [3.05, 3.63) is 51.9 Å². The molecule has 0 fully saturated rings. The molecule has 22 heavy (non-hydrogen) atoms. The van der Waals surface area contributed by atoms with E-state index in [-0.39, 0.29) is 11.9 Å². The van der Waals surface area contributed by atoms with Crippen molar-refractivity contribution >= 4 is 28.2 Å². The van der Waals surface area contributed by atoms with E-state index < -0.39 is 0 Å². The second-order valence-electron chi connectivity index (χ2n) is 4.99. The van der Waals surface area contributed by atoms with E-state index in [1.165, 1.54) is 11.3 Å². The van der Waals surface area contributed by atoms with E-state index >= 15 is 0 Å². The Hall–Kier alpha value is -2.14. The summed E-state index contributed by atoms with van der Waals surface area (Å²) < 4.78 is 5.00. The van der Waals surface area contributed by atoms with E-state index in [1.54, 1.807) is 13.0 Å². The van der Waals surface area contributed by atoms with Gasteiger partial charge in [-0.25, -0.2) is 4.79 Å². The van der Waals surface area contributed by atoms with E-state index in [2.05, 4.69) is 5.32 Å². The van der Waals surface area contributed by atoms with Gasteiger partial charge in [0.15, 0.2) is 0 Å². The SMILES string of the molecule is CCOC(=O)c1sc(NC(=O)Cc2ccccc2C)cc1C. The highest BCUT2D eigenvalue weighted by atomic mass is 32.1. The predicted molar refractivity (Wildman–Crippen MR) is 88.5 cm³/mol. The van der Waals surface area contributed by atoms with Crippen LogP contribution in [0.2, 0.25) is 0 Å². The summed E-state index contributed by atoms with van der Waals surface area (Å²) >= 11 is 1.24. The minimum atomic E-state index is -0.343. The van der Waals surface area contributed by atoms with Crippen molar-refractivity contribution in [1.29, 1.82) is 0 Å². The van der Waals surface area contributed by atoms with Gasteiger partial charge in [-0.2, -0.15) is 0 Å². The van der Waals surface area contributed by atoms with Crippen molar-refractivity contribution in [2.24, 2.45) is 0 Å². The van der Waals surface area contributed by atoms with E-state index in [1.807, 2.05) is 38.1 Å². The molecule has 116 valence electrons. The lowest BCUT2D eigenvalue weighted by Crippen LogP contribution is -2.14. The Labute approximate surface area is 134 Å². The normalized spacial score (nSPS) is 10.3. The van der Waals surface area contributed by atoms with E-state index in [4.69, 9.17) is 4.74 Å². The van der Waals surface area contributed by atoms with Gasteiger partial charge in [0.05, 0.1) is 18.0 Å². The average Bonchev–Trinajstić information content (AvgIpc) is 2.82. The van der Waals surface area contributed by atoms with Gasteiger partial charge in [-0.3, -0.25) is 4.79 Å². The van der Waals surface area contributed by atoms with Crippen LogP contribution in [-0.4, -0.2) is 18.5 Å². The van der Waals surface area contributed by atoms with E-state index in [0.717, 1.165) is 16.7 Å². The number of esters is 1. The molecule has 1 aromatic heterocycles. The zero-order chi connectivity index (χ0) is 16.1. The molecule has 1 N–H and O–H groups in total. The molecule has 0 aliphatic carbocycles. The van der Waals surface area contributed by atoms with Crippen molar-refractivity contribution in [3.8, 4) is 0 Å². The number of ether oxygens (including phenoxy) is 1. The Morgan fingerprint density at radius 2 is 1.91 bits per heavy atom. The minimum absolute atomic E-state index is 0.0917. The van der Waals surface area contributed by atoms with Crippen molar-refractivity contribution in [3.63, 3.8) is 0 Å². The maximum Gasteiger partial charge on any atom is 0.348 e. The first kappa shape index (κ1) is 16.2. The van der Waals surface area contributed by atoms with Crippen molar-refractivity contribution in [2.75, 3.05) is 11.9 Å².